The van der Waals surface area contributed by atoms with Crippen LogP contribution in [-0.4, -0.2) is 15.5 Å². The number of rotatable bonds is 3. The molecule has 0 aliphatic heterocycles. The van der Waals surface area contributed by atoms with E-state index in [2.05, 4.69) is 35.1 Å². The van der Waals surface area contributed by atoms with E-state index in [-0.39, 0.29) is 5.54 Å². The molecular weight excluding hydrogens is 198 g/mol. The van der Waals surface area contributed by atoms with Crippen LogP contribution in [0.25, 0.3) is 11.0 Å². The third-order valence-corrected chi connectivity index (χ3v) is 2.59. The number of aromatic amines is 1. The molecule has 86 valence electrons. The van der Waals surface area contributed by atoms with Crippen molar-refractivity contribution in [3.8, 4) is 0 Å². The molecule has 1 aromatic heterocycles. The summed E-state index contributed by atoms with van der Waals surface area (Å²) in [5, 5.41) is 0. The molecule has 0 saturated heterocycles. The van der Waals surface area contributed by atoms with Gasteiger partial charge in [-0.15, -0.1) is 0 Å². The normalized spacial score (nSPS) is 12.2. The van der Waals surface area contributed by atoms with E-state index in [1.165, 1.54) is 5.56 Å². The monoisotopic (exact) mass is 217 g/mol. The lowest BCUT2D eigenvalue weighted by Gasteiger charge is -2.18. The number of hydrogen-bond acceptors (Lipinski definition) is 2. The second-order valence-electron chi connectivity index (χ2n) is 5.05. The SMILES string of the molecule is CCc1nc2ccc(CC(C)(C)N)cc2[nH]1. The third-order valence-electron chi connectivity index (χ3n) is 2.59. The van der Waals surface area contributed by atoms with Crippen LogP contribution in [0.1, 0.15) is 32.2 Å². The second-order valence-corrected chi connectivity index (χ2v) is 5.05. The van der Waals surface area contributed by atoms with Gasteiger partial charge < -0.3 is 10.7 Å². The highest BCUT2D eigenvalue weighted by Gasteiger charge is 2.12. The number of aromatic nitrogens is 2. The van der Waals surface area contributed by atoms with Gasteiger partial charge in [-0.1, -0.05) is 13.0 Å². The maximum absolute atomic E-state index is 6.02. The first-order valence-electron chi connectivity index (χ1n) is 5.74. The quantitative estimate of drug-likeness (QED) is 0.829. The largest absolute Gasteiger partial charge is 0.342 e. The number of nitrogens with two attached hydrogens (primary N) is 1. The van der Waals surface area contributed by atoms with Crippen LogP contribution in [0.15, 0.2) is 18.2 Å². The van der Waals surface area contributed by atoms with E-state index < -0.39 is 0 Å². The van der Waals surface area contributed by atoms with Crippen LogP contribution in [0.4, 0.5) is 0 Å². The van der Waals surface area contributed by atoms with Gasteiger partial charge in [-0.3, -0.25) is 0 Å². The van der Waals surface area contributed by atoms with Gasteiger partial charge in [-0.25, -0.2) is 4.98 Å². The number of nitrogens with one attached hydrogen (secondary N) is 1. The zero-order chi connectivity index (χ0) is 11.8. The van der Waals surface area contributed by atoms with Crippen molar-refractivity contribution in [3.05, 3.63) is 29.6 Å². The molecule has 0 radical (unpaired) electrons. The maximum atomic E-state index is 6.02. The van der Waals surface area contributed by atoms with E-state index in [1.54, 1.807) is 0 Å². The van der Waals surface area contributed by atoms with Crippen molar-refractivity contribution in [1.82, 2.24) is 9.97 Å². The van der Waals surface area contributed by atoms with Gasteiger partial charge in [0.05, 0.1) is 11.0 Å². The van der Waals surface area contributed by atoms with Gasteiger partial charge in [0.1, 0.15) is 5.82 Å². The van der Waals surface area contributed by atoms with Crippen LogP contribution in [0.3, 0.4) is 0 Å². The Balaban J connectivity index is 2.36. The summed E-state index contributed by atoms with van der Waals surface area (Å²) in [5.41, 5.74) is 9.25. The lowest BCUT2D eigenvalue weighted by atomic mass is 9.96. The standard InChI is InChI=1S/C13H19N3/c1-4-12-15-10-6-5-9(7-11(10)16-12)8-13(2,3)14/h5-7H,4,8,14H2,1-3H3,(H,15,16). The molecule has 16 heavy (non-hydrogen) atoms. The van der Waals surface area contributed by atoms with Crippen LogP contribution in [0, 0.1) is 0 Å². The minimum Gasteiger partial charge on any atom is -0.342 e. The predicted octanol–water partition coefficient (Wildman–Crippen LogP) is 2.41. The molecule has 0 spiro atoms. The molecule has 0 unspecified atom stereocenters. The Hall–Kier alpha value is -1.35. The van der Waals surface area contributed by atoms with Gasteiger partial charge in [-0.05, 0) is 38.0 Å². The van der Waals surface area contributed by atoms with Gasteiger partial charge in [0.25, 0.3) is 0 Å². The minimum atomic E-state index is -0.165. The molecule has 1 aromatic carbocycles. The summed E-state index contributed by atoms with van der Waals surface area (Å²) in [6, 6.07) is 6.32. The first-order valence-corrected chi connectivity index (χ1v) is 5.74. The molecule has 0 saturated carbocycles. The maximum Gasteiger partial charge on any atom is 0.106 e. The van der Waals surface area contributed by atoms with E-state index in [4.69, 9.17) is 5.73 Å². The van der Waals surface area contributed by atoms with Crippen molar-refractivity contribution < 1.29 is 0 Å². The first kappa shape index (κ1) is 11.1. The zero-order valence-electron chi connectivity index (χ0n) is 10.2. The minimum absolute atomic E-state index is 0.165. The zero-order valence-corrected chi connectivity index (χ0v) is 10.2. The van der Waals surface area contributed by atoms with E-state index in [0.29, 0.717) is 0 Å². The molecule has 0 aliphatic rings. The summed E-state index contributed by atoms with van der Waals surface area (Å²) in [7, 11) is 0. The van der Waals surface area contributed by atoms with Gasteiger partial charge >= 0.3 is 0 Å². The first-order chi connectivity index (χ1) is 7.48. The van der Waals surface area contributed by atoms with Crippen molar-refractivity contribution in [3.63, 3.8) is 0 Å². The highest BCUT2D eigenvalue weighted by Crippen LogP contribution is 2.17. The molecule has 0 bridgehead atoms. The number of H-pyrrole nitrogens is 1. The molecule has 3 heteroatoms. The number of nitrogens with zero attached hydrogens (tertiary/aromatic N) is 1. The summed E-state index contributed by atoms with van der Waals surface area (Å²) in [4.78, 5) is 7.80. The lowest BCUT2D eigenvalue weighted by molar-refractivity contribution is 0.517. The van der Waals surface area contributed by atoms with Gasteiger partial charge in [0, 0.05) is 12.0 Å². The smallest absolute Gasteiger partial charge is 0.106 e. The number of fused-ring (bicyclic) bond motifs is 1. The van der Waals surface area contributed by atoms with Gasteiger partial charge in [0.15, 0.2) is 0 Å². The van der Waals surface area contributed by atoms with Crippen LogP contribution in [0.2, 0.25) is 0 Å². The highest BCUT2D eigenvalue weighted by molar-refractivity contribution is 5.75. The molecule has 2 aromatic rings. The summed E-state index contributed by atoms with van der Waals surface area (Å²) >= 11 is 0. The molecule has 0 amide bonds. The van der Waals surface area contributed by atoms with Gasteiger partial charge in [0.2, 0.25) is 0 Å². The molecule has 1 heterocycles. The summed E-state index contributed by atoms with van der Waals surface area (Å²) < 4.78 is 0. The molecule has 0 fully saturated rings. The average molecular weight is 217 g/mol. The van der Waals surface area contributed by atoms with Crippen molar-refractivity contribution in [2.75, 3.05) is 0 Å². The number of aryl methyl sites for hydroxylation is 1. The fourth-order valence-electron chi connectivity index (χ4n) is 1.91. The number of imidazole rings is 1. The molecule has 3 nitrogen and oxygen atoms in total. The van der Waals surface area contributed by atoms with Crippen molar-refractivity contribution in [2.45, 2.75) is 39.2 Å². The average Bonchev–Trinajstić information content (AvgIpc) is 2.57. The van der Waals surface area contributed by atoms with Crippen LogP contribution >= 0.6 is 0 Å². The number of benzene rings is 1. The van der Waals surface area contributed by atoms with Crippen LogP contribution in [0.5, 0.6) is 0 Å². The highest BCUT2D eigenvalue weighted by atomic mass is 14.9. The fourth-order valence-corrected chi connectivity index (χ4v) is 1.91. The van der Waals surface area contributed by atoms with E-state index in [9.17, 15) is 0 Å². The summed E-state index contributed by atoms with van der Waals surface area (Å²) in [6.45, 7) is 6.19. The second kappa shape index (κ2) is 3.91. The Labute approximate surface area is 96.1 Å². The van der Waals surface area contributed by atoms with Crippen molar-refractivity contribution >= 4 is 11.0 Å². The summed E-state index contributed by atoms with van der Waals surface area (Å²) in [5.74, 6) is 1.04. The van der Waals surface area contributed by atoms with Crippen molar-refractivity contribution in [1.29, 1.82) is 0 Å². The molecule has 2 rings (SSSR count). The van der Waals surface area contributed by atoms with Crippen LogP contribution in [-0.2, 0) is 12.8 Å². The third kappa shape index (κ3) is 2.42. The molecule has 3 N–H and O–H groups in total. The van der Waals surface area contributed by atoms with Gasteiger partial charge in [-0.2, -0.15) is 0 Å². The Bertz CT molecular complexity index is 491. The van der Waals surface area contributed by atoms with E-state index >= 15 is 0 Å². The summed E-state index contributed by atoms with van der Waals surface area (Å²) in [6.07, 6.45) is 1.82. The Kier molecular flexibility index (Phi) is 2.72. The van der Waals surface area contributed by atoms with E-state index in [1.807, 2.05) is 13.8 Å². The number of hydrogen-bond donors (Lipinski definition) is 2. The predicted molar refractivity (Wildman–Crippen MR) is 67.4 cm³/mol. The molecular formula is C13H19N3. The Morgan fingerprint density at radius 3 is 2.75 bits per heavy atom. The lowest BCUT2D eigenvalue weighted by Crippen LogP contribution is -2.34. The van der Waals surface area contributed by atoms with Crippen LogP contribution < -0.4 is 5.73 Å². The molecule has 0 aliphatic carbocycles. The van der Waals surface area contributed by atoms with E-state index in [0.717, 1.165) is 29.7 Å². The Morgan fingerprint density at radius 2 is 2.12 bits per heavy atom. The fraction of sp³-hybridized carbons (Fsp3) is 0.462. The van der Waals surface area contributed by atoms with Crippen molar-refractivity contribution in [2.24, 2.45) is 5.73 Å². The molecule has 0 atom stereocenters. The topological polar surface area (TPSA) is 54.7 Å². The Morgan fingerprint density at radius 1 is 1.38 bits per heavy atom.